The van der Waals surface area contributed by atoms with Gasteiger partial charge in [-0.25, -0.2) is 9.59 Å². The van der Waals surface area contributed by atoms with Crippen molar-refractivity contribution in [2.45, 2.75) is 45.2 Å². The van der Waals surface area contributed by atoms with Crippen molar-refractivity contribution >= 4 is 5.97 Å². The Kier molecular flexibility index (Phi) is 2.80. The molecule has 0 saturated carbocycles. The Morgan fingerprint density at radius 1 is 1.44 bits per heavy atom. The van der Waals surface area contributed by atoms with Crippen molar-refractivity contribution < 1.29 is 9.90 Å². The lowest BCUT2D eigenvalue weighted by atomic mass is 10.2. The lowest BCUT2D eigenvalue weighted by Gasteiger charge is -2.03. The molecule has 0 radical (unpaired) electrons. The number of carboxylic acids is 1. The van der Waals surface area contributed by atoms with E-state index in [1.807, 2.05) is 0 Å². The molecular weight excluding hydrogens is 210 g/mol. The fourth-order valence-electron chi connectivity index (χ4n) is 1.95. The maximum absolute atomic E-state index is 11.9. The predicted molar refractivity (Wildman–Crippen MR) is 56.4 cm³/mol. The molecule has 6 heteroatoms. The van der Waals surface area contributed by atoms with Gasteiger partial charge in [0.15, 0.2) is 6.04 Å². The average Bonchev–Trinajstić information content (AvgIpc) is 2.45. The van der Waals surface area contributed by atoms with Gasteiger partial charge in [-0.05, 0) is 19.8 Å². The highest BCUT2D eigenvalue weighted by atomic mass is 16.4. The van der Waals surface area contributed by atoms with E-state index >= 15 is 0 Å². The second-order valence-corrected chi connectivity index (χ2v) is 4.12. The minimum atomic E-state index is -1.03. The van der Waals surface area contributed by atoms with E-state index in [0.29, 0.717) is 6.54 Å². The molecule has 2 rings (SSSR count). The van der Waals surface area contributed by atoms with E-state index in [2.05, 4.69) is 5.10 Å². The summed E-state index contributed by atoms with van der Waals surface area (Å²) in [5, 5.41) is 13.0. The van der Waals surface area contributed by atoms with Gasteiger partial charge in [-0.15, -0.1) is 0 Å². The normalized spacial score (nSPS) is 17.6. The molecule has 1 atom stereocenters. The Hall–Kier alpha value is -1.59. The summed E-state index contributed by atoms with van der Waals surface area (Å²) < 4.78 is 2.68. The van der Waals surface area contributed by atoms with Crippen molar-refractivity contribution in [3.8, 4) is 0 Å². The molecule has 2 heterocycles. The molecule has 1 aromatic rings. The van der Waals surface area contributed by atoms with Gasteiger partial charge in [0.2, 0.25) is 0 Å². The smallest absolute Gasteiger partial charge is 0.346 e. The molecule has 6 nitrogen and oxygen atoms in total. The lowest BCUT2D eigenvalue weighted by molar-refractivity contribution is -0.140. The van der Waals surface area contributed by atoms with Gasteiger partial charge in [0.1, 0.15) is 5.82 Å². The highest BCUT2D eigenvalue weighted by Gasteiger charge is 2.22. The molecule has 0 aromatic carbocycles. The van der Waals surface area contributed by atoms with E-state index in [9.17, 15) is 9.59 Å². The van der Waals surface area contributed by atoms with E-state index < -0.39 is 12.0 Å². The first-order valence-corrected chi connectivity index (χ1v) is 5.52. The third kappa shape index (κ3) is 1.75. The van der Waals surface area contributed by atoms with Crippen molar-refractivity contribution in [3.05, 3.63) is 16.3 Å². The van der Waals surface area contributed by atoms with Crippen LogP contribution in [0.15, 0.2) is 4.79 Å². The molecule has 0 bridgehead atoms. The number of hydrogen-bond donors (Lipinski definition) is 1. The maximum atomic E-state index is 11.9. The molecular formula is C10H15N3O3. The first kappa shape index (κ1) is 10.9. The quantitative estimate of drug-likeness (QED) is 0.791. The van der Waals surface area contributed by atoms with Gasteiger partial charge in [-0.2, -0.15) is 9.78 Å². The van der Waals surface area contributed by atoms with E-state index in [1.54, 1.807) is 4.57 Å². The van der Waals surface area contributed by atoms with Gasteiger partial charge in [0.25, 0.3) is 0 Å². The lowest BCUT2D eigenvalue weighted by Crippen LogP contribution is -2.30. The van der Waals surface area contributed by atoms with Crippen LogP contribution < -0.4 is 5.69 Å². The SMILES string of the molecule is CC(C(=O)O)n1nc2n(c1=O)CCCCC2. The average molecular weight is 225 g/mol. The number of nitrogens with zero attached hydrogens (tertiary/aromatic N) is 3. The number of carboxylic acid groups (broad SMARTS) is 1. The van der Waals surface area contributed by atoms with Crippen molar-refractivity contribution in [1.82, 2.24) is 14.3 Å². The van der Waals surface area contributed by atoms with Crippen LogP contribution in [0.5, 0.6) is 0 Å². The second-order valence-electron chi connectivity index (χ2n) is 4.12. The zero-order chi connectivity index (χ0) is 11.7. The maximum Gasteiger partial charge on any atom is 0.346 e. The minimum Gasteiger partial charge on any atom is -0.480 e. The molecule has 1 aromatic heterocycles. The number of aryl methyl sites for hydroxylation is 1. The number of carbonyl (C=O) groups is 1. The fraction of sp³-hybridized carbons (Fsp3) is 0.700. The third-order valence-electron chi connectivity index (χ3n) is 2.97. The zero-order valence-electron chi connectivity index (χ0n) is 9.22. The molecule has 1 N–H and O–H groups in total. The fourth-order valence-corrected chi connectivity index (χ4v) is 1.95. The monoisotopic (exact) mass is 225 g/mol. The number of rotatable bonds is 2. The molecule has 0 amide bonds. The van der Waals surface area contributed by atoms with Crippen LogP contribution in [0.3, 0.4) is 0 Å². The van der Waals surface area contributed by atoms with Crippen molar-refractivity contribution in [3.63, 3.8) is 0 Å². The summed E-state index contributed by atoms with van der Waals surface area (Å²) in [7, 11) is 0. The molecule has 1 aliphatic rings. The van der Waals surface area contributed by atoms with Crippen LogP contribution in [0.25, 0.3) is 0 Å². The van der Waals surface area contributed by atoms with Crippen LogP contribution in [0.1, 0.15) is 38.1 Å². The molecule has 0 fully saturated rings. The largest absolute Gasteiger partial charge is 0.480 e. The molecule has 88 valence electrons. The number of aliphatic carboxylic acids is 1. The highest BCUT2D eigenvalue weighted by molar-refractivity contribution is 5.71. The molecule has 0 saturated heterocycles. The number of hydrogen-bond acceptors (Lipinski definition) is 3. The van der Waals surface area contributed by atoms with Crippen molar-refractivity contribution in [2.75, 3.05) is 0 Å². The van der Waals surface area contributed by atoms with Crippen LogP contribution in [0.2, 0.25) is 0 Å². The summed E-state index contributed by atoms with van der Waals surface area (Å²) in [6.07, 6.45) is 3.82. The molecule has 16 heavy (non-hydrogen) atoms. The molecule has 1 aliphatic heterocycles. The van der Waals surface area contributed by atoms with Crippen LogP contribution in [-0.4, -0.2) is 25.4 Å². The predicted octanol–water partition coefficient (Wildman–Crippen LogP) is 0.417. The Balaban J connectivity index is 2.43. The van der Waals surface area contributed by atoms with Crippen molar-refractivity contribution in [1.29, 1.82) is 0 Å². The first-order valence-electron chi connectivity index (χ1n) is 5.52. The summed E-state index contributed by atoms with van der Waals surface area (Å²) in [5.74, 6) is -0.314. The van der Waals surface area contributed by atoms with E-state index in [-0.39, 0.29) is 5.69 Å². The molecule has 0 spiro atoms. The summed E-state index contributed by atoms with van der Waals surface area (Å²) >= 11 is 0. The summed E-state index contributed by atoms with van der Waals surface area (Å²) in [6.45, 7) is 2.12. The Morgan fingerprint density at radius 2 is 2.19 bits per heavy atom. The van der Waals surface area contributed by atoms with Crippen molar-refractivity contribution in [2.24, 2.45) is 0 Å². The van der Waals surface area contributed by atoms with E-state index in [4.69, 9.17) is 5.11 Å². The second kappa shape index (κ2) is 4.11. The van der Waals surface area contributed by atoms with Gasteiger partial charge < -0.3 is 5.11 Å². The van der Waals surface area contributed by atoms with Gasteiger partial charge in [0.05, 0.1) is 0 Å². The summed E-state index contributed by atoms with van der Waals surface area (Å²) in [6, 6.07) is -0.896. The van der Waals surface area contributed by atoms with Crippen LogP contribution >= 0.6 is 0 Å². The van der Waals surface area contributed by atoms with Crippen LogP contribution in [-0.2, 0) is 17.8 Å². The topological polar surface area (TPSA) is 77.1 Å². The standard InChI is InChI=1S/C10H15N3O3/c1-7(9(14)15)13-10(16)12-6-4-2-3-5-8(12)11-13/h7H,2-6H2,1H3,(H,14,15). The van der Waals surface area contributed by atoms with E-state index in [0.717, 1.165) is 36.2 Å². The zero-order valence-corrected chi connectivity index (χ0v) is 9.22. The van der Waals surface area contributed by atoms with Crippen LogP contribution in [0, 0.1) is 0 Å². The molecule has 1 unspecified atom stereocenters. The molecule has 0 aliphatic carbocycles. The highest BCUT2D eigenvalue weighted by Crippen LogP contribution is 2.11. The summed E-state index contributed by atoms with van der Waals surface area (Å²) in [4.78, 5) is 22.7. The third-order valence-corrected chi connectivity index (χ3v) is 2.97. The Bertz CT molecular complexity index is 460. The Morgan fingerprint density at radius 3 is 2.88 bits per heavy atom. The van der Waals surface area contributed by atoms with E-state index in [1.165, 1.54) is 6.92 Å². The number of aromatic nitrogens is 3. The first-order chi connectivity index (χ1) is 7.61. The van der Waals surface area contributed by atoms with Gasteiger partial charge in [0, 0.05) is 13.0 Å². The number of fused-ring (bicyclic) bond motifs is 1. The van der Waals surface area contributed by atoms with Crippen LogP contribution in [0.4, 0.5) is 0 Å². The summed E-state index contributed by atoms with van der Waals surface area (Å²) in [5.41, 5.74) is -0.299. The van der Waals surface area contributed by atoms with Gasteiger partial charge >= 0.3 is 11.7 Å². The Labute approximate surface area is 92.5 Å². The minimum absolute atomic E-state index is 0.299. The van der Waals surface area contributed by atoms with Gasteiger partial charge in [-0.3, -0.25) is 4.57 Å². The van der Waals surface area contributed by atoms with Gasteiger partial charge in [-0.1, -0.05) is 6.42 Å².